The van der Waals surface area contributed by atoms with E-state index in [0.717, 1.165) is 44.9 Å². The third-order valence-corrected chi connectivity index (χ3v) is 5.21. The van der Waals surface area contributed by atoms with Gasteiger partial charge in [-0.25, -0.2) is 0 Å². The summed E-state index contributed by atoms with van der Waals surface area (Å²) >= 11 is 0. The van der Waals surface area contributed by atoms with E-state index < -0.39 is 0 Å². The molecule has 0 aliphatic rings. The van der Waals surface area contributed by atoms with E-state index in [0.29, 0.717) is 30.4 Å². The van der Waals surface area contributed by atoms with E-state index in [-0.39, 0.29) is 5.78 Å². The molecule has 0 bridgehead atoms. The van der Waals surface area contributed by atoms with Gasteiger partial charge in [0.1, 0.15) is 5.71 Å². The highest BCUT2D eigenvalue weighted by Gasteiger charge is 2.12. The fourth-order valence-electron chi connectivity index (χ4n) is 2.86. The monoisotopic (exact) mass is 387 g/mol. The molecule has 158 valence electrons. The van der Waals surface area contributed by atoms with E-state index in [1.54, 1.807) is 0 Å². The molecule has 1 N–H and O–H groups in total. The van der Waals surface area contributed by atoms with Gasteiger partial charge in [-0.2, -0.15) is 0 Å². The largest absolute Gasteiger partial charge is 0.411 e. The average Bonchev–Trinajstić information content (AvgIpc) is 2.68. The van der Waals surface area contributed by atoms with Crippen molar-refractivity contribution in [2.75, 3.05) is 0 Å². The molecule has 0 saturated heterocycles. The van der Waals surface area contributed by atoms with E-state index >= 15 is 0 Å². The van der Waals surface area contributed by atoms with Crippen molar-refractivity contribution in [1.82, 2.24) is 0 Å². The molecule has 0 aromatic rings. The summed E-state index contributed by atoms with van der Waals surface area (Å²) in [6.07, 6.45) is 16.1. The van der Waals surface area contributed by atoms with Crippen LogP contribution in [0, 0.1) is 11.8 Å². The molecule has 2 atom stereocenters. The second-order valence-corrected chi connectivity index (χ2v) is 8.01. The van der Waals surface area contributed by atoms with Gasteiger partial charge in [0.25, 0.3) is 0 Å². The summed E-state index contributed by atoms with van der Waals surface area (Å²) in [6, 6.07) is 0. The van der Waals surface area contributed by atoms with Gasteiger partial charge in [0, 0.05) is 6.42 Å². The number of rotatable bonds is 16. The predicted octanol–water partition coefficient (Wildman–Crippen LogP) is 7.43. The van der Waals surface area contributed by atoms with Crippen molar-refractivity contribution >= 4 is 11.5 Å². The summed E-state index contributed by atoms with van der Waals surface area (Å²) in [5.74, 6) is 1.01. The number of Topliss-reactive ketones (excluding diaryl/α,β-unsaturated/α-hetero) is 1. The number of carbonyl (C=O) groups excluding carboxylic acids is 1. The molecule has 3 nitrogen and oxygen atoms in total. The number of allylic oxidation sites excluding steroid dienone is 6. The first-order valence-corrected chi connectivity index (χ1v) is 10.6. The number of hydrogen-bond donors (Lipinski definition) is 1. The SMILES string of the molecule is C=CC(C)CCC=C(C)CCCC(=NO)C(=O)CCC(C)=CCCC(C)C=C. The summed E-state index contributed by atoms with van der Waals surface area (Å²) in [4.78, 5) is 12.3. The summed E-state index contributed by atoms with van der Waals surface area (Å²) < 4.78 is 0. The number of oxime groups is 1. The lowest BCUT2D eigenvalue weighted by atomic mass is 9.99. The highest BCUT2D eigenvalue weighted by Crippen LogP contribution is 2.15. The molecule has 0 aromatic heterocycles. The second kappa shape index (κ2) is 16.1. The first-order chi connectivity index (χ1) is 13.3. The lowest BCUT2D eigenvalue weighted by Crippen LogP contribution is -2.14. The molecule has 0 rings (SSSR count). The molecular formula is C25H41NO2. The van der Waals surface area contributed by atoms with Crippen LogP contribution in [0.1, 0.15) is 85.5 Å². The van der Waals surface area contributed by atoms with Gasteiger partial charge >= 0.3 is 0 Å². The van der Waals surface area contributed by atoms with Gasteiger partial charge in [0.05, 0.1) is 0 Å². The minimum Gasteiger partial charge on any atom is -0.411 e. The molecule has 2 unspecified atom stereocenters. The Bertz CT molecular complexity index is 569. The fourth-order valence-corrected chi connectivity index (χ4v) is 2.86. The van der Waals surface area contributed by atoms with E-state index in [4.69, 9.17) is 0 Å². The molecule has 0 heterocycles. The van der Waals surface area contributed by atoms with Crippen molar-refractivity contribution in [1.29, 1.82) is 0 Å². The molecule has 0 spiro atoms. The number of ketones is 1. The van der Waals surface area contributed by atoms with Crippen molar-refractivity contribution in [3.63, 3.8) is 0 Å². The van der Waals surface area contributed by atoms with Crippen LogP contribution in [0.3, 0.4) is 0 Å². The zero-order chi connectivity index (χ0) is 21.4. The van der Waals surface area contributed by atoms with E-state index in [1.165, 1.54) is 11.1 Å². The first kappa shape index (κ1) is 26.1. The fraction of sp³-hybridized carbons (Fsp3) is 0.600. The Labute approximate surface area is 173 Å². The van der Waals surface area contributed by atoms with Crippen LogP contribution in [0.25, 0.3) is 0 Å². The third kappa shape index (κ3) is 13.3. The van der Waals surface area contributed by atoms with E-state index in [2.05, 4.69) is 58.2 Å². The maximum absolute atomic E-state index is 12.3. The maximum atomic E-state index is 12.3. The van der Waals surface area contributed by atoms with E-state index in [9.17, 15) is 10.0 Å². The van der Waals surface area contributed by atoms with Crippen molar-refractivity contribution < 1.29 is 10.0 Å². The topological polar surface area (TPSA) is 49.7 Å². The molecule has 3 heteroatoms. The Balaban J connectivity index is 4.22. The Morgan fingerprint density at radius 2 is 1.39 bits per heavy atom. The maximum Gasteiger partial charge on any atom is 0.180 e. The normalized spacial score (nSPS) is 15.2. The second-order valence-electron chi connectivity index (χ2n) is 8.01. The van der Waals surface area contributed by atoms with Crippen LogP contribution >= 0.6 is 0 Å². The Morgan fingerprint density at radius 3 is 1.86 bits per heavy atom. The van der Waals surface area contributed by atoms with Crippen molar-refractivity contribution in [2.24, 2.45) is 17.0 Å². The Kier molecular flexibility index (Phi) is 15.0. The minimum atomic E-state index is -0.0452. The summed E-state index contributed by atoms with van der Waals surface area (Å²) in [7, 11) is 0. The lowest BCUT2D eigenvalue weighted by molar-refractivity contribution is -0.113. The molecule has 28 heavy (non-hydrogen) atoms. The molecular weight excluding hydrogens is 346 g/mol. The van der Waals surface area contributed by atoms with Crippen molar-refractivity contribution in [3.05, 3.63) is 48.6 Å². The van der Waals surface area contributed by atoms with E-state index in [1.807, 2.05) is 12.2 Å². The zero-order valence-electron chi connectivity index (χ0n) is 18.5. The van der Waals surface area contributed by atoms with Gasteiger partial charge in [-0.15, -0.1) is 13.2 Å². The molecule has 0 amide bonds. The molecule has 0 fully saturated rings. The van der Waals surface area contributed by atoms with Gasteiger partial charge in [0.2, 0.25) is 0 Å². The van der Waals surface area contributed by atoms with Crippen molar-refractivity contribution in [3.8, 4) is 0 Å². The number of carbonyl (C=O) groups is 1. The molecule has 0 aromatic carbocycles. The quantitative estimate of drug-likeness (QED) is 0.129. The van der Waals surface area contributed by atoms with Gasteiger partial charge in [-0.1, -0.05) is 54.5 Å². The number of nitrogens with zero attached hydrogens (tertiary/aromatic N) is 1. The Morgan fingerprint density at radius 1 is 0.893 bits per heavy atom. The third-order valence-electron chi connectivity index (χ3n) is 5.21. The molecule has 0 aliphatic heterocycles. The number of hydrogen-bond acceptors (Lipinski definition) is 3. The van der Waals surface area contributed by atoms with Gasteiger partial charge < -0.3 is 5.21 Å². The highest BCUT2D eigenvalue weighted by molar-refractivity contribution is 6.39. The van der Waals surface area contributed by atoms with Gasteiger partial charge in [-0.3, -0.25) is 4.79 Å². The van der Waals surface area contributed by atoms with Crippen LogP contribution < -0.4 is 0 Å². The summed E-state index contributed by atoms with van der Waals surface area (Å²) in [5, 5.41) is 12.5. The molecule has 0 aliphatic carbocycles. The smallest absolute Gasteiger partial charge is 0.180 e. The Hall–Kier alpha value is -1.90. The van der Waals surface area contributed by atoms with Gasteiger partial charge in [0.15, 0.2) is 5.78 Å². The summed E-state index contributed by atoms with van der Waals surface area (Å²) in [6.45, 7) is 16.1. The first-order valence-electron chi connectivity index (χ1n) is 10.6. The lowest BCUT2D eigenvalue weighted by Gasteiger charge is -2.07. The van der Waals surface area contributed by atoms with Crippen LogP contribution in [-0.4, -0.2) is 16.7 Å². The predicted molar refractivity (Wildman–Crippen MR) is 122 cm³/mol. The molecule has 0 saturated carbocycles. The standard InChI is InChI=1S/C25H41NO2/c1-7-20(3)12-9-14-22(5)16-11-17-24(26-28)25(27)19-18-23(6)15-10-13-21(4)8-2/h7-8,14-15,20-21,28H,1-2,9-13,16-19H2,3-6H3. The van der Waals surface area contributed by atoms with Crippen LogP contribution in [-0.2, 0) is 4.79 Å². The van der Waals surface area contributed by atoms with Gasteiger partial charge in [-0.05, 0) is 77.0 Å². The van der Waals surface area contributed by atoms with Crippen LogP contribution in [0.5, 0.6) is 0 Å². The summed E-state index contributed by atoms with van der Waals surface area (Å²) in [5.41, 5.74) is 2.85. The highest BCUT2D eigenvalue weighted by atomic mass is 16.4. The van der Waals surface area contributed by atoms with Crippen molar-refractivity contribution in [2.45, 2.75) is 85.5 Å². The van der Waals surface area contributed by atoms with Crippen LogP contribution in [0.4, 0.5) is 0 Å². The minimum absolute atomic E-state index is 0.0452. The molecule has 0 radical (unpaired) electrons. The average molecular weight is 388 g/mol. The van der Waals surface area contributed by atoms with Crippen LogP contribution in [0.2, 0.25) is 0 Å². The zero-order valence-corrected chi connectivity index (χ0v) is 18.5. The van der Waals surface area contributed by atoms with Crippen LogP contribution in [0.15, 0.2) is 53.8 Å².